The maximum atomic E-state index is 13.2. The predicted molar refractivity (Wildman–Crippen MR) is 442 cm³/mol. The Bertz CT molecular complexity index is 2020. The summed E-state index contributed by atoms with van der Waals surface area (Å²) < 4.78 is 69.0. The first-order valence-corrected chi connectivity index (χ1v) is 48.8. The van der Waals surface area contributed by atoms with Gasteiger partial charge in [-0.15, -0.1) is 0 Å². The van der Waals surface area contributed by atoms with Crippen LogP contribution >= 0.6 is 15.6 Å². The lowest BCUT2D eigenvalue weighted by Crippen LogP contribution is -2.30. The summed E-state index contributed by atoms with van der Waals surface area (Å²) in [6, 6.07) is 0. The number of carbonyl (C=O) groups is 4. The smallest absolute Gasteiger partial charge is 0.462 e. The van der Waals surface area contributed by atoms with Crippen LogP contribution in [0.2, 0.25) is 0 Å². The predicted octanol–water partition coefficient (Wildman–Crippen LogP) is 27.3. The zero-order valence-electron chi connectivity index (χ0n) is 70.1. The van der Waals surface area contributed by atoms with Gasteiger partial charge in [0.1, 0.15) is 19.3 Å². The van der Waals surface area contributed by atoms with Crippen LogP contribution in [0, 0.1) is 0 Å². The maximum Gasteiger partial charge on any atom is 0.472 e. The summed E-state index contributed by atoms with van der Waals surface area (Å²) in [5.74, 6) is -2.09. The molecule has 0 saturated heterocycles. The number of ether oxygens (including phenoxy) is 4. The van der Waals surface area contributed by atoms with Crippen molar-refractivity contribution in [3.63, 3.8) is 0 Å². The van der Waals surface area contributed by atoms with Gasteiger partial charge < -0.3 is 33.8 Å². The summed E-state index contributed by atoms with van der Waals surface area (Å²) in [7, 11) is -9.93. The molecule has 0 saturated carbocycles. The number of phosphoric acid groups is 2. The van der Waals surface area contributed by atoms with Crippen LogP contribution in [0.25, 0.3) is 0 Å². The highest BCUT2D eigenvalue weighted by atomic mass is 31.2. The second-order valence-corrected chi connectivity index (χ2v) is 34.5. The first-order chi connectivity index (χ1) is 52.2. The second kappa shape index (κ2) is 82.1. The molecule has 636 valence electrons. The average Bonchev–Trinajstić information content (AvgIpc) is 0.901. The van der Waals surface area contributed by atoms with E-state index < -0.39 is 97.5 Å². The summed E-state index contributed by atoms with van der Waals surface area (Å²) in [4.78, 5) is 73.3. The molecule has 107 heavy (non-hydrogen) atoms. The molecule has 0 aliphatic heterocycles. The molecule has 0 aromatic heterocycles. The Morgan fingerprint density at radius 2 is 0.374 bits per heavy atom. The number of unbranched alkanes of at least 4 members (excludes halogenated alkanes) is 63. The Kier molecular flexibility index (Phi) is 80.6. The number of aliphatic hydroxyl groups excluding tert-OH is 1. The van der Waals surface area contributed by atoms with E-state index >= 15 is 0 Å². The Morgan fingerprint density at radius 3 is 0.551 bits per heavy atom. The minimum absolute atomic E-state index is 0.109. The highest BCUT2D eigenvalue weighted by Gasteiger charge is 2.30. The van der Waals surface area contributed by atoms with Crippen LogP contribution in [-0.4, -0.2) is 96.7 Å². The quantitative estimate of drug-likeness (QED) is 0.0222. The lowest BCUT2D eigenvalue weighted by molar-refractivity contribution is -0.161. The summed E-state index contributed by atoms with van der Waals surface area (Å²) in [5, 5.41) is 10.7. The Morgan fingerprint density at radius 1 is 0.224 bits per heavy atom. The third-order valence-electron chi connectivity index (χ3n) is 20.9. The van der Waals surface area contributed by atoms with Crippen molar-refractivity contribution in [2.24, 2.45) is 0 Å². The number of carbonyl (C=O) groups excluding carboxylic acids is 4. The number of hydrogen-bond donors (Lipinski definition) is 3. The first-order valence-electron chi connectivity index (χ1n) is 45.8. The summed E-state index contributed by atoms with van der Waals surface area (Å²) in [6.45, 7) is 5.08. The van der Waals surface area contributed by atoms with Crippen LogP contribution in [0.15, 0.2) is 0 Å². The highest BCUT2D eigenvalue weighted by Crippen LogP contribution is 2.45. The van der Waals surface area contributed by atoms with E-state index in [1.165, 1.54) is 315 Å². The molecule has 5 atom stereocenters. The maximum absolute atomic E-state index is 13.2. The molecule has 3 N–H and O–H groups in total. The van der Waals surface area contributed by atoms with Crippen molar-refractivity contribution >= 4 is 39.5 Å². The van der Waals surface area contributed by atoms with E-state index in [0.717, 1.165) is 89.9 Å². The standard InChI is InChI=1S/C88H172O17P2/c1-5-9-13-17-21-25-29-33-36-39-41-43-46-49-53-57-61-65-69-73-86(91)99-79-84(105-88(93)75-71-67-63-59-55-51-47-44-42-40-37-34-30-26-22-18-14-10-6-2)81-103-107(96,97)101-77-82(89)76-100-106(94,95)102-80-83(78-98-85(90)72-68-64-60-56-52-48-32-28-24-20-16-12-8-4)104-87(92)74-70-66-62-58-54-50-45-38-35-31-27-23-19-15-11-7-3/h82-84,89H,5-81H2,1-4H3,(H,94,95)(H,96,97)/t82-,83+,84+/m0/s1. The topological polar surface area (TPSA) is 237 Å². The van der Waals surface area contributed by atoms with Gasteiger partial charge in [0.15, 0.2) is 12.2 Å². The molecular formula is C88H172O17P2. The second-order valence-electron chi connectivity index (χ2n) is 31.6. The molecule has 2 unspecified atom stereocenters. The summed E-state index contributed by atoms with van der Waals surface area (Å²) in [6.07, 6.45) is 77.7. The SMILES string of the molecule is CCCCCCCCCCCCCCCCCCCCCC(=O)OC[C@H](COP(=O)(O)OC[C@@H](O)COP(=O)(O)OC[C@@H](COC(=O)CCCCCCCCCCCCCCC)OC(=O)CCCCCCCCCCCCCCCCCC)OC(=O)CCCCCCCCCCCCCCCCCCCCC. The van der Waals surface area contributed by atoms with Crippen LogP contribution in [0.4, 0.5) is 0 Å². The van der Waals surface area contributed by atoms with Crippen LogP contribution in [0.5, 0.6) is 0 Å². The molecule has 0 heterocycles. The molecule has 0 radical (unpaired) electrons. The van der Waals surface area contributed by atoms with Gasteiger partial charge in [0.2, 0.25) is 0 Å². The minimum Gasteiger partial charge on any atom is -0.462 e. The molecule has 19 heteroatoms. The van der Waals surface area contributed by atoms with Crippen LogP contribution in [0.3, 0.4) is 0 Å². The van der Waals surface area contributed by atoms with Crippen LogP contribution < -0.4 is 0 Å². The van der Waals surface area contributed by atoms with E-state index in [4.69, 9.17) is 37.0 Å². The van der Waals surface area contributed by atoms with Crippen molar-refractivity contribution in [1.29, 1.82) is 0 Å². The zero-order valence-corrected chi connectivity index (χ0v) is 71.9. The van der Waals surface area contributed by atoms with Crippen molar-refractivity contribution in [2.45, 2.75) is 502 Å². The number of rotatable bonds is 89. The molecule has 0 spiro atoms. The van der Waals surface area contributed by atoms with Gasteiger partial charge in [-0.3, -0.25) is 37.3 Å². The third kappa shape index (κ3) is 81.9. The minimum atomic E-state index is -4.97. The van der Waals surface area contributed by atoms with Crippen molar-refractivity contribution < 1.29 is 80.2 Å². The van der Waals surface area contributed by atoms with Gasteiger partial charge in [-0.1, -0.05) is 432 Å². The monoisotopic (exact) mass is 1560 g/mol. The third-order valence-corrected chi connectivity index (χ3v) is 22.8. The Balaban J connectivity index is 5.26. The van der Waals surface area contributed by atoms with E-state index in [0.29, 0.717) is 25.7 Å². The zero-order chi connectivity index (χ0) is 78.1. The lowest BCUT2D eigenvalue weighted by Gasteiger charge is -2.21. The molecule has 0 amide bonds. The molecule has 0 bridgehead atoms. The van der Waals surface area contributed by atoms with Gasteiger partial charge in [-0.05, 0) is 25.7 Å². The lowest BCUT2D eigenvalue weighted by atomic mass is 10.0. The van der Waals surface area contributed by atoms with Crippen molar-refractivity contribution in [1.82, 2.24) is 0 Å². The molecule has 0 rings (SSSR count). The van der Waals surface area contributed by atoms with E-state index in [1.54, 1.807) is 0 Å². The molecule has 17 nitrogen and oxygen atoms in total. The largest absolute Gasteiger partial charge is 0.472 e. The van der Waals surface area contributed by atoms with Gasteiger partial charge in [-0.2, -0.15) is 0 Å². The fraction of sp³-hybridized carbons (Fsp3) is 0.955. The van der Waals surface area contributed by atoms with Gasteiger partial charge in [-0.25, -0.2) is 9.13 Å². The molecule has 0 aliphatic carbocycles. The van der Waals surface area contributed by atoms with E-state index in [2.05, 4.69) is 27.7 Å². The number of esters is 4. The van der Waals surface area contributed by atoms with Crippen molar-refractivity contribution in [2.75, 3.05) is 39.6 Å². The Hall–Kier alpha value is -1.94. The Labute approximate surface area is 658 Å². The molecule has 0 aliphatic rings. The molecule has 0 aromatic carbocycles. The molecular weight excluding hydrogens is 1390 g/mol. The number of hydrogen-bond acceptors (Lipinski definition) is 15. The van der Waals surface area contributed by atoms with Crippen molar-refractivity contribution in [3.8, 4) is 0 Å². The van der Waals surface area contributed by atoms with Crippen molar-refractivity contribution in [3.05, 3.63) is 0 Å². The number of phosphoric ester groups is 2. The van der Waals surface area contributed by atoms with E-state index in [-0.39, 0.29) is 25.7 Å². The normalized spacial score (nSPS) is 13.7. The molecule has 0 fully saturated rings. The fourth-order valence-electron chi connectivity index (χ4n) is 13.9. The van der Waals surface area contributed by atoms with E-state index in [1.807, 2.05) is 0 Å². The van der Waals surface area contributed by atoms with Gasteiger partial charge in [0.05, 0.1) is 26.4 Å². The fourth-order valence-corrected chi connectivity index (χ4v) is 15.5. The van der Waals surface area contributed by atoms with Crippen LogP contribution in [0.1, 0.15) is 484 Å². The summed E-state index contributed by atoms with van der Waals surface area (Å²) >= 11 is 0. The van der Waals surface area contributed by atoms with Crippen LogP contribution in [-0.2, 0) is 65.4 Å². The number of aliphatic hydroxyl groups is 1. The van der Waals surface area contributed by atoms with Gasteiger partial charge >= 0.3 is 39.5 Å². The highest BCUT2D eigenvalue weighted by molar-refractivity contribution is 7.47. The average molecular weight is 1560 g/mol. The van der Waals surface area contributed by atoms with Gasteiger partial charge in [0, 0.05) is 25.7 Å². The van der Waals surface area contributed by atoms with Gasteiger partial charge in [0.25, 0.3) is 0 Å². The first kappa shape index (κ1) is 105. The summed E-state index contributed by atoms with van der Waals surface area (Å²) in [5.41, 5.74) is 0. The van der Waals surface area contributed by atoms with E-state index in [9.17, 15) is 43.2 Å². The molecule has 0 aromatic rings.